The van der Waals surface area contributed by atoms with Gasteiger partial charge in [-0.15, -0.1) is 0 Å². The molecule has 0 aromatic heterocycles. The first kappa shape index (κ1) is 49.2. The summed E-state index contributed by atoms with van der Waals surface area (Å²) in [5.41, 5.74) is 0.337. The molecular weight excluding hydrogens is 853 g/mol. The normalized spacial score (nSPS) is 36.3. The molecule has 4 unspecified atom stereocenters. The van der Waals surface area contributed by atoms with Crippen molar-refractivity contribution >= 4 is 77.4 Å². The van der Waals surface area contributed by atoms with E-state index in [9.17, 15) is 4.79 Å². The van der Waals surface area contributed by atoms with E-state index in [4.69, 9.17) is 50.0 Å². The van der Waals surface area contributed by atoms with Gasteiger partial charge in [-0.2, -0.15) is 0 Å². The van der Waals surface area contributed by atoms with E-state index in [0.717, 1.165) is 0 Å². The summed E-state index contributed by atoms with van der Waals surface area (Å²) in [6.07, 6.45) is 0.391. The van der Waals surface area contributed by atoms with Crippen LogP contribution in [0.3, 0.4) is 0 Å². The van der Waals surface area contributed by atoms with Crippen LogP contribution in [0, 0.1) is 41.4 Å². The second-order valence-corrected chi connectivity index (χ2v) is 42.3. The van der Waals surface area contributed by atoms with Crippen molar-refractivity contribution in [2.75, 3.05) is 6.61 Å². The molecule has 6 bridgehead atoms. The van der Waals surface area contributed by atoms with E-state index in [1.165, 1.54) is 0 Å². The summed E-state index contributed by atoms with van der Waals surface area (Å²) in [6, 6.07) is 4.18. The smallest absolute Gasteiger partial charge is 0.462 e. The molecular formula is C35H76O13Si8. The van der Waals surface area contributed by atoms with Gasteiger partial charge in [0.25, 0.3) is 0 Å². The van der Waals surface area contributed by atoms with E-state index in [0.29, 0.717) is 54.3 Å². The first-order valence-corrected chi connectivity index (χ1v) is 36.4. The molecule has 4 aliphatic heterocycles. The topological polar surface area (TPSA) is 128 Å². The average Bonchev–Trinajstić information content (AvgIpc) is 2.93. The molecule has 0 spiro atoms. The fourth-order valence-corrected chi connectivity index (χ4v) is 54.2. The van der Waals surface area contributed by atoms with E-state index >= 15 is 0 Å². The quantitative estimate of drug-likeness (QED) is 0.0533. The van der Waals surface area contributed by atoms with Crippen LogP contribution in [0.2, 0.25) is 48.4 Å². The number of fused-ring (bicyclic) bond motifs is 4. The Morgan fingerprint density at radius 1 is 0.482 bits per heavy atom. The van der Waals surface area contributed by atoms with Gasteiger partial charge in [-0.05, 0) is 66.9 Å². The maximum absolute atomic E-state index is 12.5. The number of esters is 1. The molecule has 4 saturated heterocycles. The van der Waals surface area contributed by atoms with Crippen molar-refractivity contribution in [1.82, 2.24) is 0 Å². The zero-order valence-electron chi connectivity index (χ0n) is 37.3. The Kier molecular flexibility index (Phi) is 17.3. The van der Waals surface area contributed by atoms with Crippen LogP contribution < -0.4 is 0 Å². The van der Waals surface area contributed by atoms with Gasteiger partial charge in [0, 0.05) is 41.8 Å². The summed E-state index contributed by atoms with van der Waals surface area (Å²) < 4.78 is 89.9. The van der Waals surface area contributed by atoms with Crippen LogP contribution in [0.5, 0.6) is 0 Å². The van der Waals surface area contributed by atoms with Gasteiger partial charge in [0.05, 0.1) is 6.61 Å². The molecule has 4 aliphatic rings. The third kappa shape index (κ3) is 13.5. The number of hydrogen-bond acceptors (Lipinski definition) is 13. The lowest BCUT2D eigenvalue weighted by molar-refractivity contribution is -0.139. The number of ether oxygens (including phenoxy) is 1. The van der Waals surface area contributed by atoms with E-state index < -0.39 is 77.4 Å². The van der Waals surface area contributed by atoms with Gasteiger partial charge in [-0.25, -0.2) is 4.79 Å². The van der Waals surface area contributed by atoms with Crippen molar-refractivity contribution in [3.05, 3.63) is 12.2 Å². The summed E-state index contributed by atoms with van der Waals surface area (Å²) in [5.74, 6) is 0.736. The SMILES string of the molecule is C=C(C)C(=O)OCCC[Si]12O[Si]3(CC(C)C)O[SiH](CC(C)C)O[Si](CC(C)C)(O[Si]4(CC(C)C)O[SiH](CC(C)C)O[Si](CC(C)C)(O3)O[Si](CC(C)C)(O4)O1)O2. The Morgan fingerprint density at radius 2 is 0.768 bits per heavy atom. The first-order chi connectivity index (χ1) is 25.8. The Balaban J connectivity index is 2.13. The zero-order chi connectivity index (χ0) is 41.9. The van der Waals surface area contributed by atoms with Gasteiger partial charge in [-0.1, -0.05) is 104 Å². The molecule has 0 aliphatic carbocycles. The molecule has 0 radical (unpaired) electrons. The second-order valence-electron chi connectivity index (χ2n) is 19.4. The molecule has 4 heterocycles. The van der Waals surface area contributed by atoms with Crippen molar-refractivity contribution in [3.8, 4) is 0 Å². The Morgan fingerprint density at radius 3 is 1.07 bits per heavy atom. The Hall–Kier alpha value is 0.505. The van der Waals surface area contributed by atoms with Crippen molar-refractivity contribution in [3.63, 3.8) is 0 Å². The predicted molar refractivity (Wildman–Crippen MR) is 233 cm³/mol. The predicted octanol–water partition coefficient (Wildman–Crippen LogP) is 8.40. The number of carbonyl (C=O) groups is 1. The lowest BCUT2D eigenvalue weighted by Gasteiger charge is -2.59. The molecule has 0 aromatic rings. The standard InChI is InChI=1S/C35H76O13Si8/c1-27(2)20-49-38-52(22-29(5)6)42-51(19-17-18-37-35(36)34(15)16)43-53(39-49,23-30(7)8)46-55(25-32(11)12)41-50(21-28(3)4)40-54(45-52,24-31(9)10)47-56(44-51,48-55)26-33(13)14/h27-33,49-50H,15,17-26H2,1-14,16H3. The molecule has 56 heavy (non-hydrogen) atoms. The van der Waals surface area contributed by atoms with Crippen LogP contribution in [0.4, 0.5) is 0 Å². The monoisotopic (exact) mass is 928 g/mol. The van der Waals surface area contributed by atoms with E-state index in [-0.39, 0.29) is 54.1 Å². The van der Waals surface area contributed by atoms with E-state index in [2.05, 4.69) is 104 Å². The van der Waals surface area contributed by atoms with Crippen LogP contribution in [-0.4, -0.2) is 84.0 Å². The zero-order valence-corrected chi connectivity index (χ0v) is 45.6. The highest BCUT2D eigenvalue weighted by molar-refractivity contribution is 6.99. The molecule has 0 saturated carbocycles. The van der Waals surface area contributed by atoms with Crippen LogP contribution in [-0.2, 0) is 54.8 Å². The van der Waals surface area contributed by atoms with Crippen LogP contribution in [0.15, 0.2) is 12.2 Å². The highest BCUT2D eigenvalue weighted by Crippen LogP contribution is 2.51. The Labute approximate surface area is 349 Å². The minimum absolute atomic E-state index is 0.0990. The largest absolute Gasteiger partial charge is 0.479 e. The molecule has 4 atom stereocenters. The van der Waals surface area contributed by atoms with Gasteiger partial charge >= 0.3 is 77.4 Å². The van der Waals surface area contributed by atoms with Crippen LogP contribution in [0.25, 0.3) is 0 Å². The number of hydrogen-bond donors (Lipinski definition) is 0. The van der Waals surface area contributed by atoms with Crippen molar-refractivity contribution in [2.45, 2.75) is 159 Å². The highest BCUT2D eigenvalue weighted by atomic mass is 28.6. The summed E-state index contributed by atoms with van der Waals surface area (Å²) in [5, 5.41) is 0. The summed E-state index contributed by atoms with van der Waals surface area (Å²) in [7, 11) is -28.6. The molecule has 0 aromatic carbocycles. The van der Waals surface area contributed by atoms with Gasteiger partial charge in [0.1, 0.15) is 0 Å². The lowest BCUT2D eigenvalue weighted by Crippen LogP contribution is -2.83. The van der Waals surface area contributed by atoms with Crippen LogP contribution >= 0.6 is 0 Å². The van der Waals surface area contributed by atoms with E-state index in [1.807, 2.05) is 0 Å². The van der Waals surface area contributed by atoms with Crippen LogP contribution in [0.1, 0.15) is 110 Å². The van der Waals surface area contributed by atoms with Crippen molar-refractivity contribution in [2.24, 2.45) is 41.4 Å². The molecule has 0 amide bonds. The molecule has 13 nitrogen and oxygen atoms in total. The lowest BCUT2D eigenvalue weighted by atomic mass is 10.3. The van der Waals surface area contributed by atoms with E-state index in [1.54, 1.807) is 6.92 Å². The third-order valence-corrected chi connectivity index (χ3v) is 46.8. The van der Waals surface area contributed by atoms with Crippen molar-refractivity contribution in [1.29, 1.82) is 0 Å². The molecule has 4 rings (SSSR count). The minimum atomic E-state index is -4.03. The third-order valence-electron chi connectivity index (χ3n) is 9.25. The molecule has 21 heteroatoms. The maximum Gasteiger partial charge on any atom is 0.479 e. The average molecular weight is 930 g/mol. The van der Waals surface area contributed by atoms with Gasteiger partial charge in [0.15, 0.2) is 0 Å². The van der Waals surface area contributed by atoms with Gasteiger partial charge < -0.3 is 50.0 Å². The van der Waals surface area contributed by atoms with Gasteiger partial charge in [-0.3, -0.25) is 0 Å². The number of carbonyl (C=O) groups excluding carboxylic acids is 1. The molecule has 4 fully saturated rings. The first-order valence-electron chi connectivity index (χ1n) is 21.3. The summed E-state index contributed by atoms with van der Waals surface area (Å²) in [6.45, 7) is 35.9. The Bertz CT molecular complexity index is 1260. The highest BCUT2D eigenvalue weighted by Gasteiger charge is 2.77. The number of rotatable bonds is 19. The maximum atomic E-state index is 12.5. The second kappa shape index (κ2) is 19.7. The fourth-order valence-electron chi connectivity index (χ4n) is 7.75. The molecule has 326 valence electrons. The summed E-state index contributed by atoms with van der Waals surface area (Å²) in [4.78, 5) is 12.5. The van der Waals surface area contributed by atoms with Crippen molar-refractivity contribution < 1.29 is 54.8 Å². The fraction of sp³-hybridized carbons (Fsp3) is 0.914. The van der Waals surface area contributed by atoms with Gasteiger partial charge in [0.2, 0.25) is 0 Å². The summed E-state index contributed by atoms with van der Waals surface area (Å²) >= 11 is 0. The minimum Gasteiger partial charge on any atom is -0.462 e. The molecule has 0 N–H and O–H groups in total.